The topological polar surface area (TPSA) is 105 Å². The van der Waals surface area contributed by atoms with Gasteiger partial charge in [-0.25, -0.2) is 9.18 Å². The van der Waals surface area contributed by atoms with Gasteiger partial charge in [0.05, 0.1) is 18.2 Å². The Balaban J connectivity index is 1.66. The van der Waals surface area contributed by atoms with E-state index >= 15 is 4.39 Å². The Bertz CT molecular complexity index is 1350. The van der Waals surface area contributed by atoms with Crippen LogP contribution in [0.3, 0.4) is 0 Å². The Morgan fingerprint density at radius 1 is 1.12 bits per heavy atom. The molecule has 2 amide bonds. The smallest absolute Gasteiger partial charge is 0.406 e. The predicted octanol–water partition coefficient (Wildman–Crippen LogP) is 5.19. The molecule has 3 atom stereocenters. The van der Waals surface area contributed by atoms with Crippen molar-refractivity contribution in [3.8, 4) is 11.1 Å². The van der Waals surface area contributed by atoms with Crippen LogP contribution in [0, 0.1) is 11.7 Å². The largest absolute Gasteiger partial charge is 0.450 e. The molecule has 2 unspecified atom stereocenters. The number of carbonyl (C=O) groups excluding carboxylic acids is 2. The van der Waals surface area contributed by atoms with E-state index in [0.717, 1.165) is 17.5 Å². The van der Waals surface area contributed by atoms with Crippen molar-refractivity contribution in [2.45, 2.75) is 57.1 Å². The third-order valence-electron chi connectivity index (χ3n) is 8.27. The molecule has 224 valence electrons. The lowest BCUT2D eigenvalue weighted by atomic mass is 9.72. The van der Waals surface area contributed by atoms with E-state index in [9.17, 15) is 14.7 Å². The zero-order valence-electron chi connectivity index (χ0n) is 24.5. The van der Waals surface area contributed by atoms with Gasteiger partial charge in [0, 0.05) is 31.6 Å². The Kier molecular flexibility index (Phi) is 10.7. The van der Waals surface area contributed by atoms with Crippen LogP contribution >= 0.6 is 0 Å². The van der Waals surface area contributed by atoms with Crippen molar-refractivity contribution in [1.29, 1.82) is 0 Å². The molecule has 0 saturated carbocycles. The fourth-order valence-electron chi connectivity index (χ4n) is 6.02. The summed E-state index contributed by atoms with van der Waals surface area (Å²) in [5.74, 6) is -0.965. The average molecular weight is 576 g/mol. The number of rotatable bonds is 11. The lowest BCUT2D eigenvalue weighted by molar-refractivity contribution is -0.138. The molecule has 1 aliphatic heterocycles. The molecule has 42 heavy (non-hydrogen) atoms. The molecule has 8 heteroatoms. The highest BCUT2D eigenvalue weighted by molar-refractivity contribution is 5.82. The van der Waals surface area contributed by atoms with Gasteiger partial charge in [0.1, 0.15) is 5.82 Å². The first-order valence-corrected chi connectivity index (χ1v) is 14.8. The number of hydrogen-bond donors (Lipinski definition) is 3. The average Bonchev–Trinajstić information content (AvgIpc) is 3.02. The number of benzene rings is 3. The van der Waals surface area contributed by atoms with E-state index in [4.69, 9.17) is 10.5 Å². The summed E-state index contributed by atoms with van der Waals surface area (Å²) in [4.78, 5) is 26.9. The minimum absolute atomic E-state index is 0.0925. The van der Waals surface area contributed by atoms with Crippen molar-refractivity contribution in [2.24, 2.45) is 11.7 Å². The van der Waals surface area contributed by atoms with E-state index in [1.807, 2.05) is 61.5 Å². The molecular weight excluding hydrogens is 533 g/mol. The van der Waals surface area contributed by atoms with Gasteiger partial charge >= 0.3 is 6.09 Å². The second-order valence-electron chi connectivity index (χ2n) is 11.0. The number of ether oxygens (including phenoxy) is 1. The third kappa shape index (κ3) is 7.36. The van der Waals surface area contributed by atoms with Crippen LogP contribution in [0.5, 0.6) is 0 Å². The van der Waals surface area contributed by atoms with Crippen LogP contribution in [0.15, 0.2) is 72.8 Å². The van der Waals surface area contributed by atoms with Crippen molar-refractivity contribution in [3.63, 3.8) is 0 Å². The lowest BCUT2D eigenvalue weighted by Crippen LogP contribution is -2.52. The van der Waals surface area contributed by atoms with Crippen LogP contribution in [-0.2, 0) is 28.0 Å². The van der Waals surface area contributed by atoms with Crippen LogP contribution < -0.4 is 11.1 Å². The molecule has 0 aliphatic carbocycles. The Labute approximate surface area is 247 Å². The third-order valence-corrected chi connectivity index (χ3v) is 8.27. The van der Waals surface area contributed by atoms with Gasteiger partial charge in [-0.1, -0.05) is 73.7 Å². The number of nitrogens with zero attached hydrogens (tertiary/aromatic N) is 1. The van der Waals surface area contributed by atoms with E-state index in [1.54, 1.807) is 17.0 Å². The minimum atomic E-state index is -1.49. The second-order valence-corrected chi connectivity index (χ2v) is 11.0. The molecular formula is C34H42FN3O4. The summed E-state index contributed by atoms with van der Waals surface area (Å²) in [5, 5.41) is 15.0. The zero-order valence-corrected chi connectivity index (χ0v) is 24.5. The summed E-state index contributed by atoms with van der Waals surface area (Å²) in [6.45, 7) is 2.97. The van der Waals surface area contributed by atoms with Gasteiger partial charge in [-0.3, -0.25) is 4.79 Å². The number of carbonyl (C=O) groups is 2. The number of piperidine rings is 1. The van der Waals surface area contributed by atoms with Crippen LogP contribution in [0.1, 0.15) is 49.3 Å². The SMILES string of the molecule is CCc1cccc(-c2c(F)cccc2C(O)(CCCOC(=O)NC)C2CCCN(C(=O)[C@@H](N)Cc3ccccc3)C2)c1. The minimum Gasteiger partial charge on any atom is -0.450 e. The summed E-state index contributed by atoms with van der Waals surface area (Å²) in [7, 11) is 1.48. The first-order chi connectivity index (χ1) is 20.3. The number of nitrogens with two attached hydrogens (primary N) is 1. The van der Waals surface area contributed by atoms with Crippen molar-refractivity contribution >= 4 is 12.0 Å². The monoisotopic (exact) mass is 575 g/mol. The molecule has 4 N–H and O–H groups in total. The maximum absolute atomic E-state index is 15.7. The summed E-state index contributed by atoms with van der Waals surface area (Å²) in [6.07, 6.45) is 2.56. The summed E-state index contributed by atoms with van der Waals surface area (Å²) in [5.41, 5.74) is 8.45. The predicted molar refractivity (Wildman–Crippen MR) is 162 cm³/mol. The number of amides is 2. The van der Waals surface area contributed by atoms with Crippen LogP contribution in [0.4, 0.5) is 9.18 Å². The molecule has 3 aromatic carbocycles. The van der Waals surface area contributed by atoms with Crippen LogP contribution in [0.25, 0.3) is 11.1 Å². The lowest BCUT2D eigenvalue weighted by Gasteiger charge is -2.44. The number of alkyl carbamates (subject to hydrolysis) is 1. The van der Waals surface area contributed by atoms with Crippen molar-refractivity contribution < 1.29 is 23.8 Å². The number of nitrogens with one attached hydrogen (secondary N) is 1. The normalized spacial score (nSPS) is 17.3. The maximum Gasteiger partial charge on any atom is 0.406 e. The number of halogens is 1. The van der Waals surface area contributed by atoms with Crippen LogP contribution in [0.2, 0.25) is 0 Å². The molecule has 1 saturated heterocycles. The molecule has 4 rings (SSSR count). The molecule has 1 aliphatic rings. The Morgan fingerprint density at radius 2 is 1.86 bits per heavy atom. The Hall–Kier alpha value is -3.75. The van der Waals surface area contributed by atoms with E-state index < -0.39 is 23.6 Å². The fraction of sp³-hybridized carbons (Fsp3) is 0.412. The van der Waals surface area contributed by atoms with Gasteiger partial charge in [0.15, 0.2) is 0 Å². The molecule has 0 aromatic heterocycles. The fourth-order valence-corrected chi connectivity index (χ4v) is 6.02. The zero-order chi connectivity index (χ0) is 30.1. The summed E-state index contributed by atoms with van der Waals surface area (Å²) < 4.78 is 20.9. The molecule has 7 nitrogen and oxygen atoms in total. The van der Waals surface area contributed by atoms with E-state index in [2.05, 4.69) is 5.32 Å². The molecule has 0 spiro atoms. The van der Waals surface area contributed by atoms with E-state index in [1.165, 1.54) is 13.1 Å². The Morgan fingerprint density at radius 3 is 2.60 bits per heavy atom. The quantitative estimate of drug-likeness (QED) is 0.273. The molecule has 3 aromatic rings. The molecule has 0 radical (unpaired) electrons. The molecule has 1 fully saturated rings. The van der Waals surface area contributed by atoms with Gasteiger partial charge in [0.25, 0.3) is 0 Å². The molecule has 0 bridgehead atoms. The number of hydrogen-bond acceptors (Lipinski definition) is 5. The summed E-state index contributed by atoms with van der Waals surface area (Å²) >= 11 is 0. The highest BCUT2D eigenvalue weighted by Crippen LogP contribution is 2.44. The van der Waals surface area contributed by atoms with Crippen molar-refractivity contribution in [3.05, 3.63) is 95.3 Å². The first-order valence-electron chi connectivity index (χ1n) is 14.8. The number of aliphatic hydroxyl groups is 1. The van der Waals surface area contributed by atoms with E-state index in [0.29, 0.717) is 55.5 Å². The first kappa shape index (κ1) is 31.2. The van der Waals surface area contributed by atoms with Gasteiger partial charge in [-0.15, -0.1) is 0 Å². The second kappa shape index (κ2) is 14.4. The number of likely N-dealkylation sites (tertiary alicyclic amines) is 1. The van der Waals surface area contributed by atoms with E-state index in [-0.39, 0.29) is 24.9 Å². The van der Waals surface area contributed by atoms with Crippen molar-refractivity contribution in [1.82, 2.24) is 10.2 Å². The van der Waals surface area contributed by atoms with Gasteiger partial charge in [-0.2, -0.15) is 0 Å². The van der Waals surface area contributed by atoms with Crippen LogP contribution in [-0.4, -0.2) is 54.8 Å². The van der Waals surface area contributed by atoms with Crippen molar-refractivity contribution in [2.75, 3.05) is 26.7 Å². The standard InChI is InChI=1S/C34H42FN3O4/c1-3-24-13-7-14-26(21-24)31-28(16-8-17-29(31)35)34(41,18-10-20-42-33(40)37-2)27-15-9-19-38(23-27)32(39)30(36)22-25-11-5-4-6-12-25/h4-8,11-14,16-17,21,27,30,41H,3,9-10,15,18-20,22-23,36H2,1-2H3,(H,37,40)/t27?,30-,34?/m0/s1. The highest BCUT2D eigenvalue weighted by atomic mass is 19.1. The molecule has 1 heterocycles. The van der Waals surface area contributed by atoms with Gasteiger partial charge in [-0.05, 0) is 66.8 Å². The van der Waals surface area contributed by atoms with Gasteiger partial charge in [0.2, 0.25) is 5.91 Å². The highest BCUT2D eigenvalue weighted by Gasteiger charge is 2.43. The summed E-state index contributed by atoms with van der Waals surface area (Å²) in [6, 6.07) is 21.5. The van der Waals surface area contributed by atoms with Gasteiger partial charge < -0.3 is 25.8 Å². The number of aryl methyl sites for hydroxylation is 1. The maximum atomic E-state index is 15.7.